The van der Waals surface area contributed by atoms with Crippen molar-refractivity contribution in [2.75, 3.05) is 18.8 Å². The van der Waals surface area contributed by atoms with Crippen molar-refractivity contribution in [3.63, 3.8) is 0 Å². The maximum Gasteiger partial charge on any atom is 0.416 e. The van der Waals surface area contributed by atoms with Crippen molar-refractivity contribution in [2.24, 2.45) is 0 Å². The van der Waals surface area contributed by atoms with E-state index in [0.29, 0.717) is 11.4 Å². The van der Waals surface area contributed by atoms with Gasteiger partial charge in [0.05, 0.1) is 5.69 Å². The number of anilines is 1. The number of nitrogens with one attached hydrogen (secondary N) is 1. The molecule has 1 aliphatic rings. The molecule has 3 N–H and O–H groups in total. The summed E-state index contributed by atoms with van der Waals surface area (Å²) in [6, 6.07) is 7.22. The van der Waals surface area contributed by atoms with Crippen molar-refractivity contribution in [3.8, 4) is 5.75 Å². The van der Waals surface area contributed by atoms with Gasteiger partial charge < -0.3 is 15.8 Å². The first-order chi connectivity index (χ1) is 9.89. The van der Waals surface area contributed by atoms with Crippen molar-refractivity contribution in [1.82, 2.24) is 10.2 Å². The Morgan fingerprint density at radius 1 is 1.38 bits per heavy atom. The number of carbonyl (C=O) groups is 1. The Kier molecular flexibility index (Phi) is 4.73. The van der Waals surface area contributed by atoms with Crippen LogP contribution in [0.15, 0.2) is 24.3 Å². The lowest BCUT2D eigenvalue weighted by Crippen LogP contribution is -2.57. The maximum atomic E-state index is 12.6. The highest BCUT2D eigenvalue weighted by Crippen LogP contribution is 2.26. The highest BCUT2D eigenvalue weighted by atomic mass is 16.6. The summed E-state index contributed by atoms with van der Waals surface area (Å²) < 4.78 is 5.52. The largest absolute Gasteiger partial charge is 0.416 e. The fourth-order valence-electron chi connectivity index (χ4n) is 2.74. The van der Waals surface area contributed by atoms with Crippen LogP contribution in [0.25, 0.3) is 0 Å². The van der Waals surface area contributed by atoms with E-state index in [1.54, 1.807) is 12.1 Å². The maximum absolute atomic E-state index is 12.6. The van der Waals surface area contributed by atoms with Gasteiger partial charge in [-0.15, -0.1) is 0 Å². The first-order valence-corrected chi connectivity index (χ1v) is 7.46. The van der Waals surface area contributed by atoms with Gasteiger partial charge in [0.1, 0.15) is 0 Å². The van der Waals surface area contributed by atoms with Crippen LogP contribution in [0.1, 0.15) is 33.6 Å². The molecule has 0 unspecified atom stereocenters. The monoisotopic (exact) mass is 291 g/mol. The minimum absolute atomic E-state index is 0.149. The van der Waals surface area contributed by atoms with Gasteiger partial charge in [-0.05, 0) is 52.3 Å². The zero-order chi connectivity index (χ0) is 15.5. The van der Waals surface area contributed by atoms with Gasteiger partial charge in [0.2, 0.25) is 0 Å². The van der Waals surface area contributed by atoms with Crippen molar-refractivity contribution < 1.29 is 9.53 Å². The topological polar surface area (TPSA) is 67.6 Å². The number of piperidine rings is 1. The third-order valence-corrected chi connectivity index (χ3v) is 3.67. The molecule has 1 saturated heterocycles. The lowest BCUT2D eigenvalue weighted by molar-refractivity contribution is 0.0666. The highest BCUT2D eigenvalue weighted by molar-refractivity contribution is 5.74. The van der Waals surface area contributed by atoms with Crippen molar-refractivity contribution in [1.29, 1.82) is 0 Å². The van der Waals surface area contributed by atoms with Gasteiger partial charge >= 0.3 is 6.09 Å². The summed E-state index contributed by atoms with van der Waals surface area (Å²) in [5.41, 5.74) is 6.02. The van der Waals surface area contributed by atoms with Crippen LogP contribution < -0.4 is 15.8 Å². The molecule has 1 aromatic rings. The van der Waals surface area contributed by atoms with E-state index >= 15 is 0 Å². The number of amides is 1. The summed E-state index contributed by atoms with van der Waals surface area (Å²) in [5.74, 6) is 0.417. The third kappa shape index (κ3) is 3.88. The summed E-state index contributed by atoms with van der Waals surface area (Å²) in [6.07, 6.45) is 1.72. The van der Waals surface area contributed by atoms with Crippen LogP contribution in [0.4, 0.5) is 10.5 Å². The van der Waals surface area contributed by atoms with Crippen LogP contribution in [-0.2, 0) is 0 Å². The zero-order valence-electron chi connectivity index (χ0n) is 13.1. The van der Waals surface area contributed by atoms with Gasteiger partial charge in [-0.25, -0.2) is 4.79 Å². The summed E-state index contributed by atoms with van der Waals surface area (Å²) in [6.45, 7) is 7.89. The quantitative estimate of drug-likeness (QED) is 0.822. The summed E-state index contributed by atoms with van der Waals surface area (Å²) in [7, 11) is 0. The standard InChI is InChI=1S/C16H25N3O2/c1-16(2,3)19(12-7-6-10-18-11-12)15(20)21-14-9-5-4-8-13(14)17/h4-5,8-9,12,18H,6-7,10-11,17H2,1-3H3/t12-/m0/s1. The first kappa shape index (κ1) is 15.6. The lowest BCUT2D eigenvalue weighted by atomic mass is 9.99. The molecule has 0 aliphatic carbocycles. The van der Waals surface area contributed by atoms with Crippen LogP contribution in [0.3, 0.4) is 0 Å². The first-order valence-electron chi connectivity index (χ1n) is 7.46. The summed E-state index contributed by atoms with van der Waals surface area (Å²) in [4.78, 5) is 14.5. The van der Waals surface area contributed by atoms with Crippen molar-refractivity contribution in [2.45, 2.75) is 45.2 Å². The summed E-state index contributed by atoms with van der Waals surface area (Å²) >= 11 is 0. The molecule has 5 heteroatoms. The molecule has 21 heavy (non-hydrogen) atoms. The Bertz CT molecular complexity index is 491. The van der Waals surface area contributed by atoms with Gasteiger partial charge in [0.15, 0.2) is 5.75 Å². The number of ether oxygens (including phenoxy) is 1. The minimum Gasteiger partial charge on any atom is -0.408 e. The number of benzene rings is 1. The van der Waals surface area contributed by atoms with Crippen LogP contribution in [0.5, 0.6) is 5.75 Å². The molecule has 2 rings (SSSR count). The van der Waals surface area contributed by atoms with E-state index in [0.717, 1.165) is 25.9 Å². The van der Waals surface area contributed by atoms with Gasteiger partial charge in [0.25, 0.3) is 0 Å². The number of nitrogen functional groups attached to an aromatic ring is 1. The molecule has 1 heterocycles. The average molecular weight is 291 g/mol. The third-order valence-electron chi connectivity index (χ3n) is 3.67. The van der Waals surface area contributed by atoms with Gasteiger partial charge in [-0.1, -0.05) is 12.1 Å². The number of nitrogens with two attached hydrogens (primary N) is 1. The molecular weight excluding hydrogens is 266 g/mol. The molecule has 1 atom stereocenters. The Labute approximate surface area is 126 Å². The molecular formula is C16H25N3O2. The predicted octanol–water partition coefficient (Wildman–Crippen LogP) is 2.62. The number of rotatable bonds is 2. The average Bonchev–Trinajstić information content (AvgIpc) is 2.41. The predicted molar refractivity (Wildman–Crippen MR) is 84.4 cm³/mol. The van der Waals surface area contributed by atoms with E-state index in [9.17, 15) is 4.79 Å². The molecule has 0 radical (unpaired) electrons. The minimum atomic E-state index is -0.339. The molecule has 5 nitrogen and oxygen atoms in total. The van der Waals surface area contributed by atoms with Crippen LogP contribution in [-0.4, -0.2) is 35.7 Å². The molecule has 0 spiro atoms. The van der Waals surface area contributed by atoms with E-state index < -0.39 is 0 Å². The SMILES string of the molecule is CC(C)(C)N(C(=O)Oc1ccccc1N)[C@H]1CCCNC1. The van der Waals surface area contributed by atoms with Gasteiger partial charge in [-0.2, -0.15) is 0 Å². The molecule has 116 valence electrons. The normalized spacial score (nSPS) is 19.1. The number of carbonyl (C=O) groups excluding carboxylic acids is 1. The van der Waals surface area contributed by atoms with Crippen molar-refractivity contribution >= 4 is 11.8 Å². The van der Waals surface area contributed by atoms with Crippen LogP contribution in [0, 0.1) is 0 Å². The molecule has 1 aromatic carbocycles. The lowest BCUT2D eigenvalue weighted by Gasteiger charge is -2.42. The molecule has 0 saturated carbocycles. The van der Waals surface area contributed by atoms with E-state index in [1.165, 1.54) is 0 Å². The second-order valence-corrected chi connectivity index (χ2v) is 6.45. The zero-order valence-corrected chi connectivity index (χ0v) is 13.1. The van der Waals surface area contributed by atoms with Crippen molar-refractivity contribution in [3.05, 3.63) is 24.3 Å². The van der Waals surface area contributed by atoms with Crippen LogP contribution in [0.2, 0.25) is 0 Å². The number of hydrogen-bond acceptors (Lipinski definition) is 4. The van der Waals surface area contributed by atoms with E-state index in [1.807, 2.05) is 37.8 Å². The van der Waals surface area contributed by atoms with E-state index in [4.69, 9.17) is 10.5 Å². The molecule has 1 fully saturated rings. The van der Waals surface area contributed by atoms with E-state index in [2.05, 4.69) is 5.32 Å². The smallest absolute Gasteiger partial charge is 0.408 e. The second-order valence-electron chi connectivity index (χ2n) is 6.45. The highest BCUT2D eigenvalue weighted by Gasteiger charge is 2.35. The molecule has 0 bridgehead atoms. The molecule has 1 amide bonds. The number of hydrogen-bond donors (Lipinski definition) is 2. The Balaban J connectivity index is 2.16. The van der Waals surface area contributed by atoms with Gasteiger partial charge in [0, 0.05) is 18.1 Å². The second kappa shape index (κ2) is 6.35. The van der Waals surface area contributed by atoms with E-state index in [-0.39, 0.29) is 17.7 Å². The number of nitrogens with zero attached hydrogens (tertiary/aromatic N) is 1. The summed E-state index contributed by atoms with van der Waals surface area (Å²) in [5, 5.41) is 3.34. The molecule has 1 aliphatic heterocycles. The fraction of sp³-hybridized carbons (Fsp3) is 0.562. The Morgan fingerprint density at radius 2 is 2.10 bits per heavy atom. The fourth-order valence-corrected chi connectivity index (χ4v) is 2.74. The van der Waals surface area contributed by atoms with Gasteiger partial charge in [-0.3, -0.25) is 4.90 Å². The Morgan fingerprint density at radius 3 is 2.67 bits per heavy atom. The Hall–Kier alpha value is -1.75. The molecule has 0 aromatic heterocycles. The van der Waals surface area contributed by atoms with Crippen LogP contribution >= 0.6 is 0 Å². The number of para-hydroxylation sites is 2.